The molecule has 0 radical (unpaired) electrons. The van der Waals surface area contributed by atoms with E-state index in [0.29, 0.717) is 35.5 Å². The molecule has 1 aliphatic rings. The highest BCUT2D eigenvalue weighted by Gasteiger charge is 2.31. The lowest BCUT2D eigenvalue weighted by molar-refractivity contribution is -0.384. The number of fused-ring (bicyclic) bond motifs is 1. The van der Waals surface area contributed by atoms with Crippen molar-refractivity contribution in [2.24, 2.45) is 5.92 Å². The molecular formula is C18H21N3O4. The van der Waals surface area contributed by atoms with Gasteiger partial charge in [0.1, 0.15) is 0 Å². The molecule has 1 heterocycles. The normalized spacial score (nSPS) is 19.4. The molecule has 0 unspecified atom stereocenters. The number of amides is 1. The van der Waals surface area contributed by atoms with E-state index in [-0.39, 0.29) is 17.7 Å². The van der Waals surface area contributed by atoms with Crippen molar-refractivity contribution in [2.75, 3.05) is 11.9 Å². The Morgan fingerprint density at radius 2 is 2.16 bits per heavy atom. The number of hydrogen-bond donors (Lipinski definition) is 1. The standard InChI is InChI=1S/C18H21N3O4/c1-3-25-14-7-12(8-14)9-18(22)20-17-6-11(2)19-16-5-4-13(21(23)24)10-15(16)17/h4-6,10,12,14H,3,7-9H2,1-2H3,(H,19,20,22). The van der Waals surface area contributed by atoms with Crippen LogP contribution in [-0.4, -0.2) is 28.5 Å². The van der Waals surface area contributed by atoms with Crippen LogP contribution in [-0.2, 0) is 9.53 Å². The first-order valence-electron chi connectivity index (χ1n) is 8.43. The fraction of sp³-hybridized carbons (Fsp3) is 0.444. The van der Waals surface area contributed by atoms with E-state index in [1.165, 1.54) is 12.1 Å². The van der Waals surface area contributed by atoms with Crippen LogP contribution in [0.15, 0.2) is 24.3 Å². The zero-order chi connectivity index (χ0) is 18.0. The van der Waals surface area contributed by atoms with Crippen molar-refractivity contribution in [2.45, 2.75) is 39.2 Å². The Balaban J connectivity index is 1.75. The SMILES string of the molecule is CCOC1CC(CC(=O)Nc2cc(C)nc3ccc([N+](=O)[O-])cc23)C1. The molecule has 7 nitrogen and oxygen atoms in total. The molecular weight excluding hydrogens is 322 g/mol. The number of ether oxygens (including phenoxy) is 1. The number of nitrogens with zero attached hydrogens (tertiary/aromatic N) is 2. The highest BCUT2D eigenvalue weighted by atomic mass is 16.6. The molecule has 1 amide bonds. The lowest BCUT2D eigenvalue weighted by Crippen LogP contribution is -2.33. The molecule has 1 aliphatic carbocycles. The predicted molar refractivity (Wildman–Crippen MR) is 94.5 cm³/mol. The van der Waals surface area contributed by atoms with Crippen molar-refractivity contribution < 1.29 is 14.5 Å². The maximum Gasteiger partial charge on any atom is 0.270 e. The first-order chi connectivity index (χ1) is 12.0. The van der Waals surface area contributed by atoms with Gasteiger partial charge in [-0.2, -0.15) is 0 Å². The summed E-state index contributed by atoms with van der Waals surface area (Å²) in [4.78, 5) is 27.3. The third kappa shape index (κ3) is 3.93. The van der Waals surface area contributed by atoms with Crippen LogP contribution >= 0.6 is 0 Å². The van der Waals surface area contributed by atoms with Crippen LogP contribution in [0.25, 0.3) is 10.9 Å². The van der Waals surface area contributed by atoms with Gasteiger partial charge >= 0.3 is 0 Å². The number of non-ortho nitro benzene ring substituents is 1. The van der Waals surface area contributed by atoms with E-state index in [9.17, 15) is 14.9 Å². The third-order valence-electron chi connectivity index (χ3n) is 4.47. The van der Waals surface area contributed by atoms with Crippen LogP contribution in [0.2, 0.25) is 0 Å². The molecule has 0 spiro atoms. The van der Waals surface area contributed by atoms with Gasteiger partial charge in [-0.1, -0.05) is 0 Å². The average molecular weight is 343 g/mol. The van der Waals surface area contributed by atoms with Crippen molar-refractivity contribution in [1.82, 2.24) is 4.98 Å². The monoisotopic (exact) mass is 343 g/mol. The van der Waals surface area contributed by atoms with Gasteiger partial charge < -0.3 is 10.1 Å². The van der Waals surface area contributed by atoms with Crippen molar-refractivity contribution in [3.63, 3.8) is 0 Å². The van der Waals surface area contributed by atoms with E-state index < -0.39 is 4.92 Å². The molecule has 1 saturated carbocycles. The van der Waals surface area contributed by atoms with E-state index in [0.717, 1.165) is 18.5 Å². The maximum atomic E-state index is 12.3. The van der Waals surface area contributed by atoms with Crippen molar-refractivity contribution in [3.05, 3.63) is 40.1 Å². The summed E-state index contributed by atoms with van der Waals surface area (Å²) in [5, 5.41) is 14.5. The highest BCUT2D eigenvalue weighted by Crippen LogP contribution is 2.33. The summed E-state index contributed by atoms with van der Waals surface area (Å²) in [6.45, 7) is 4.50. The number of aromatic nitrogens is 1. The number of nitro groups is 1. The topological polar surface area (TPSA) is 94.4 Å². The molecule has 1 N–H and O–H groups in total. The molecule has 1 aromatic carbocycles. The average Bonchev–Trinajstić information content (AvgIpc) is 2.52. The van der Waals surface area contributed by atoms with Gasteiger partial charge in [-0.15, -0.1) is 0 Å². The van der Waals surface area contributed by atoms with E-state index in [4.69, 9.17) is 4.74 Å². The number of anilines is 1. The molecule has 1 aromatic heterocycles. The Morgan fingerprint density at radius 3 is 2.84 bits per heavy atom. The van der Waals surface area contributed by atoms with Gasteiger partial charge in [0, 0.05) is 36.2 Å². The molecule has 25 heavy (non-hydrogen) atoms. The minimum absolute atomic E-state index is 0.0211. The Kier molecular flexibility index (Phi) is 4.94. The van der Waals surface area contributed by atoms with Gasteiger partial charge in [0.15, 0.2) is 0 Å². The molecule has 2 aromatic rings. The molecule has 0 saturated heterocycles. The van der Waals surface area contributed by atoms with Gasteiger partial charge in [-0.25, -0.2) is 0 Å². The van der Waals surface area contributed by atoms with Gasteiger partial charge in [-0.3, -0.25) is 19.9 Å². The summed E-state index contributed by atoms with van der Waals surface area (Å²) in [7, 11) is 0. The summed E-state index contributed by atoms with van der Waals surface area (Å²) in [6, 6.07) is 6.22. The molecule has 0 atom stereocenters. The van der Waals surface area contributed by atoms with Crippen molar-refractivity contribution in [3.8, 4) is 0 Å². The van der Waals surface area contributed by atoms with Gasteiger partial charge in [0.25, 0.3) is 5.69 Å². The van der Waals surface area contributed by atoms with Crippen molar-refractivity contribution >= 4 is 28.2 Å². The quantitative estimate of drug-likeness (QED) is 0.639. The second kappa shape index (κ2) is 7.14. The van der Waals surface area contributed by atoms with Gasteiger partial charge in [-0.05, 0) is 44.7 Å². The van der Waals surface area contributed by atoms with E-state index >= 15 is 0 Å². The van der Waals surface area contributed by atoms with Crippen LogP contribution in [0, 0.1) is 23.0 Å². The number of hydrogen-bond acceptors (Lipinski definition) is 5. The summed E-state index contributed by atoms with van der Waals surface area (Å²) in [6.07, 6.45) is 2.52. The van der Waals surface area contributed by atoms with E-state index in [1.54, 1.807) is 12.1 Å². The van der Waals surface area contributed by atoms with Crippen molar-refractivity contribution in [1.29, 1.82) is 0 Å². The minimum Gasteiger partial charge on any atom is -0.378 e. The Bertz CT molecular complexity index is 815. The summed E-state index contributed by atoms with van der Waals surface area (Å²) >= 11 is 0. The Labute approximate surface area is 145 Å². The smallest absolute Gasteiger partial charge is 0.270 e. The number of pyridine rings is 1. The van der Waals surface area contributed by atoms with E-state index in [1.807, 2.05) is 13.8 Å². The van der Waals surface area contributed by atoms with Gasteiger partial charge in [0.2, 0.25) is 5.91 Å². The first kappa shape index (κ1) is 17.3. The number of rotatable bonds is 6. The fourth-order valence-electron chi connectivity index (χ4n) is 3.24. The number of carbonyl (C=O) groups excluding carboxylic acids is 1. The molecule has 0 bridgehead atoms. The van der Waals surface area contributed by atoms with Gasteiger partial charge in [0.05, 0.1) is 22.2 Å². The largest absolute Gasteiger partial charge is 0.378 e. The lowest BCUT2D eigenvalue weighted by atomic mass is 9.80. The molecule has 132 valence electrons. The predicted octanol–water partition coefficient (Wildman–Crippen LogP) is 3.60. The number of aryl methyl sites for hydroxylation is 1. The highest BCUT2D eigenvalue weighted by molar-refractivity contribution is 6.01. The Hall–Kier alpha value is -2.54. The summed E-state index contributed by atoms with van der Waals surface area (Å²) < 4.78 is 5.51. The summed E-state index contributed by atoms with van der Waals surface area (Å²) in [5.74, 6) is 0.249. The number of nitrogens with one attached hydrogen (secondary N) is 1. The molecule has 3 rings (SSSR count). The van der Waals surface area contributed by atoms with Crippen LogP contribution in [0.4, 0.5) is 11.4 Å². The zero-order valence-electron chi connectivity index (χ0n) is 14.3. The minimum atomic E-state index is -0.451. The van der Waals surface area contributed by atoms with Crippen LogP contribution in [0.5, 0.6) is 0 Å². The van der Waals surface area contributed by atoms with Crippen LogP contribution in [0.1, 0.15) is 31.9 Å². The van der Waals surface area contributed by atoms with E-state index in [2.05, 4.69) is 10.3 Å². The third-order valence-corrected chi connectivity index (χ3v) is 4.47. The lowest BCUT2D eigenvalue weighted by Gasteiger charge is -2.34. The number of benzene rings is 1. The van der Waals surface area contributed by atoms with Crippen LogP contribution < -0.4 is 5.32 Å². The number of nitro benzene ring substituents is 1. The summed E-state index contributed by atoms with van der Waals surface area (Å²) in [5.41, 5.74) is 1.92. The zero-order valence-corrected chi connectivity index (χ0v) is 14.3. The number of carbonyl (C=O) groups is 1. The second-order valence-corrected chi connectivity index (χ2v) is 6.44. The molecule has 7 heteroatoms. The molecule has 0 aliphatic heterocycles. The Morgan fingerprint density at radius 1 is 1.40 bits per heavy atom. The fourth-order valence-corrected chi connectivity index (χ4v) is 3.24. The molecule has 1 fully saturated rings. The maximum absolute atomic E-state index is 12.3. The first-order valence-corrected chi connectivity index (χ1v) is 8.43. The van der Waals surface area contributed by atoms with Crippen LogP contribution in [0.3, 0.4) is 0 Å². The second-order valence-electron chi connectivity index (χ2n) is 6.44.